The third-order valence-electron chi connectivity index (χ3n) is 5.84. The van der Waals surface area contributed by atoms with E-state index in [0.29, 0.717) is 23.4 Å². The number of halogens is 1. The quantitative estimate of drug-likeness (QED) is 0.591. The predicted octanol–water partition coefficient (Wildman–Crippen LogP) is 4.27. The molecule has 0 spiro atoms. The van der Waals surface area contributed by atoms with Crippen molar-refractivity contribution in [1.82, 2.24) is 4.90 Å². The van der Waals surface area contributed by atoms with E-state index in [4.69, 9.17) is 4.74 Å². The van der Waals surface area contributed by atoms with Gasteiger partial charge in [-0.05, 0) is 70.1 Å². The van der Waals surface area contributed by atoms with E-state index < -0.39 is 16.4 Å². The van der Waals surface area contributed by atoms with Crippen molar-refractivity contribution in [2.45, 2.75) is 70.6 Å². The van der Waals surface area contributed by atoms with Gasteiger partial charge < -0.3 is 15.0 Å². The average Bonchev–Trinajstić information content (AvgIpc) is 2.62. The van der Waals surface area contributed by atoms with E-state index >= 15 is 0 Å². The monoisotopic (exact) mass is 379 g/mol. The minimum atomic E-state index is -0.772. The predicted molar refractivity (Wildman–Crippen MR) is 104 cm³/mol. The first-order chi connectivity index (χ1) is 13.0. The second-order valence-corrected chi connectivity index (χ2v) is 7.74. The third-order valence-corrected chi connectivity index (χ3v) is 5.84. The highest BCUT2D eigenvalue weighted by atomic mass is 19.1. The van der Waals surface area contributed by atoms with Gasteiger partial charge >= 0.3 is 5.69 Å². The number of hydrogen-bond acceptors (Lipinski definition) is 5. The van der Waals surface area contributed by atoms with Gasteiger partial charge in [0.05, 0.1) is 11.0 Å². The van der Waals surface area contributed by atoms with Crippen LogP contribution in [0.5, 0.6) is 0 Å². The lowest BCUT2D eigenvalue weighted by molar-refractivity contribution is -0.386. The summed E-state index contributed by atoms with van der Waals surface area (Å²) >= 11 is 0. The highest BCUT2D eigenvalue weighted by Gasteiger charge is 2.30. The Hall–Kier alpha value is -1.73. The van der Waals surface area contributed by atoms with Crippen LogP contribution in [0.25, 0.3) is 0 Å². The largest absolute Gasteiger partial charge is 0.379 e. The maximum Gasteiger partial charge on any atom is 0.327 e. The molecule has 0 atom stereocenters. The van der Waals surface area contributed by atoms with Crippen LogP contribution in [0.4, 0.5) is 15.8 Å². The van der Waals surface area contributed by atoms with Crippen molar-refractivity contribution in [3.8, 4) is 0 Å². The van der Waals surface area contributed by atoms with Crippen molar-refractivity contribution in [1.29, 1.82) is 0 Å². The number of nitro benzene ring substituents is 1. The molecule has 1 aromatic carbocycles. The molecule has 3 rings (SSSR count). The van der Waals surface area contributed by atoms with Gasteiger partial charge in [0.2, 0.25) is 5.82 Å². The first-order valence-electron chi connectivity index (χ1n) is 10.0. The van der Waals surface area contributed by atoms with E-state index in [9.17, 15) is 14.5 Å². The van der Waals surface area contributed by atoms with Gasteiger partial charge in [0.1, 0.15) is 5.69 Å². The molecule has 1 N–H and O–H groups in total. The van der Waals surface area contributed by atoms with Crippen LogP contribution in [0.2, 0.25) is 0 Å². The molecule has 1 saturated carbocycles. The molecular formula is C20H30FN3O3. The number of piperidine rings is 1. The van der Waals surface area contributed by atoms with E-state index in [2.05, 4.69) is 10.2 Å². The van der Waals surface area contributed by atoms with Crippen molar-refractivity contribution < 1.29 is 14.1 Å². The van der Waals surface area contributed by atoms with E-state index in [-0.39, 0.29) is 6.04 Å². The van der Waals surface area contributed by atoms with Gasteiger partial charge in [-0.25, -0.2) is 0 Å². The number of likely N-dealkylation sites (tertiary alicyclic amines) is 1. The summed E-state index contributed by atoms with van der Waals surface area (Å²) in [6.07, 6.45) is 6.86. The van der Waals surface area contributed by atoms with Crippen molar-refractivity contribution >= 4 is 11.4 Å². The summed E-state index contributed by atoms with van der Waals surface area (Å²) in [4.78, 5) is 13.1. The van der Waals surface area contributed by atoms with Crippen LogP contribution in [0.3, 0.4) is 0 Å². The molecule has 1 heterocycles. The number of benzene rings is 1. The minimum absolute atomic E-state index is 0.140. The number of rotatable bonds is 6. The topological polar surface area (TPSA) is 67.6 Å². The lowest BCUT2D eigenvalue weighted by atomic mass is 9.90. The van der Waals surface area contributed by atoms with Gasteiger partial charge in [0, 0.05) is 31.8 Å². The van der Waals surface area contributed by atoms with Crippen LogP contribution in [0, 0.1) is 22.9 Å². The molecule has 0 aromatic heterocycles. The Bertz CT molecular complexity index is 654. The number of anilines is 1. The van der Waals surface area contributed by atoms with E-state index in [0.717, 1.165) is 45.4 Å². The van der Waals surface area contributed by atoms with E-state index in [1.165, 1.54) is 18.9 Å². The van der Waals surface area contributed by atoms with Crippen molar-refractivity contribution in [3.63, 3.8) is 0 Å². The lowest BCUT2D eigenvalue weighted by Crippen LogP contribution is -2.46. The molecule has 150 valence electrons. The Balaban J connectivity index is 1.54. The summed E-state index contributed by atoms with van der Waals surface area (Å²) in [6, 6.07) is 3.64. The molecule has 2 aliphatic rings. The number of aryl methyl sites for hydroxylation is 1. The number of nitrogens with one attached hydrogen (secondary N) is 1. The summed E-state index contributed by atoms with van der Waals surface area (Å²) in [5.74, 6) is -0.772. The Morgan fingerprint density at radius 1 is 1.22 bits per heavy atom. The zero-order valence-corrected chi connectivity index (χ0v) is 16.2. The van der Waals surface area contributed by atoms with Crippen LogP contribution in [0.1, 0.15) is 51.0 Å². The van der Waals surface area contributed by atoms with Crippen molar-refractivity contribution in [2.24, 2.45) is 0 Å². The molecule has 1 saturated heterocycles. The summed E-state index contributed by atoms with van der Waals surface area (Å²) in [7, 11) is 0. The molecule has 7 heteroatoms. The first-order valence-corrected chi connectivity index (χ1v) is 10.0. The molecule has 0 radical (unpaired) electrons. The Labute approximate surface area is 160 Å². The van der Waals surface area contributed by atoms with Crippen molar-refractivity contribution in [3.05, 3.63) is 33.6 Å². The van der Waals surface area contributed by atoms with Crippen molar-refractivity contribution in [2.75, 3.05) is 25.0 Å². The van der Waals surface area contributed by atoms with Crippen LogP contribution in [-0.2, 0) is 4.74 Å². The second-order valence-electron chi connectivity index (χ2n) is 7.74. The first kappa shape index (κ1) is 20.0. The fourth-order valence-corrected chi connectivity index (χ4v) is 4.47. The molecule has 6 nitrogen and oxygen atoms in total. The molecule has 0 unspecified atom stereocenters. The second kappa shape index (κ2) is 8.97. The summed E-state index contributed by atoms with van der Waals surface area (Å²) in [5, 5.41) is 14.5. The zero-order chi connectivity index (χ0) is 19.4. The number of hydrogen-bond donors (Lipinski definition) is 1. The number of nitro groups is 1. The van der Waals surface area contributed by atoms with Gasteiger partial charge in [0.15, 0.2) is 0 Å². The van der Waals surface area contributed by atoms with Crippen LogP contribution in [0.15, 0.2) is 12.1 Å². The van der Waals surface area contributed by atoms with E-state index in [1.54, 1.807) is 13.0 Å². The fourth-order valence-electron chi connectivity index (χ4n) is 4.47. The maximum absolute atomic E-state index is 14.0. The standard InChI is InChI=1S/C20H30FN3O3/c1-3-27-17-6-4-16(5-7-17)23-10-8-15(9-11-23)22-19-13-14(2)12-18(21)20(19)24(25)26/h12-13,15-17,22H,3-11H2,1-2H3/t16-,17-. The highest BCUT2D eigenvalue weighted by Crippen LogP contribution is 2.32. The fraction of sp³-hybridized carbons (Fsp3) is 0.700. The van der Waals surface area contributed by atoms with E-state index in [1.807, 2.05) is 6.92 Å². The molecule has 1 aliphatic heterocycles. The summed E-state index contributed by atoms with van der Waals surface area (Å²) < 4.78 is 19.7. The molecule has 1 aromatic rings. The van der Waals surface area contributed by atoms with Gasteiger partial charge in [0.25, 0.3) is 0 Å². The number of nitrogens with zero attached hydrogens (tertiary/aromatic N) is 2. The molecular weight excluding hydrogens is 349 g/mol. The number of ether oxygens (including phenoxy) is 1. The Morgan fingerprint density at radius 3 is 2.48 bits per heavy atom. The van der Waals surface area contributed by atoms with Gasteiger partial charge in [-0.1, -0.05) is 0 Å². The molecule has 0 amide bonds. The van der Waals surface area contributed by atoms with Gasteiger partial charge in [-0.2, -0.15) is 4.39 Å². The smallest absolute Gasteiger partial charge is 0.327 e. The minimum Gasteiger partial charge on any atom is -0.379 e. The normalized spacial score (nSPS) is 24.7. The lowest BCUT2D eigenvalue weighted by Gasteiger charge is -2.41. The third kappa shape index (κ3) is 4.96. The molecule has 0 bridgehead atoms. The molecule has 1 aliphatic carbocycles. The van der Waals surface area contributed by atoms with Crippen LogP contribution < -0.4 is 5.32 Å². The molecule has 27 heavy (non-hydrogen) atoms. The summed E-state index contributed by atoms with van der Waals surface area (Å²) in [5.41, 5.74) is 0.537. The van der Waals surface area contributed by atoms with Crippen LogP contribution in [-0.4, -0.2) is 47.7 Å². The Morgan fingerprint density at radius 2 is 1.89 bits per heavy atom. The SMILES string of the molecule is CCO[C@H]1CC[C@H](N2CCC(Nc3cc(C)cc(F)c3[N+](=O)[O-])CC2)CC1. The van der Waals surface area contributed by atoms with Gasteiger partial charge in [-0.15, -0.1) is 0 Å². The van der Waals surface area contributed by atoms with Gasteiger partial charge in [-0.3, -0.25) is 10.1 Å². The highest BCUT2D eigenvalue weighted by molar-refractivity contribution is 5.64. The Kier molecular flexibility index (Phi) is 6.65. The maximum atomic E-state index is 14.0. The van der Waals surface area contributed by atoms with Crippen LogP contribution >= 0.6 is 0 Å². The zero-order valence-electron chi connectivity index (χ0n) is 16.2. The summed E-state index contributed by atoms with van der Waals surface area (Å²) in [6.45, 7) is 6.54. The molecule has 2 fully saturated rings. The average molecular weight is 379 g/mol.